The van der Waals surface area contributed by atoms with Gasteiger partial charge < -0.3 is 5.73 Å². The van der Waals surface area contributed by atoms with E-state index in [0.29, 0.717) is 4.31 Å². The third-order valence-electron chi connectivity index (χ3n) is 1.71. The van der Waals surface area contributed by atoms with Crippen molar-refractivity contribution in [3.05, 3.63) is 0 Å². The van der Waals surface area contributed by atoms with Crippen molar-refractivity contribution in [3.8, 4) is 0 Å². The zero-order chi connectivity index (χ0) is 12.2. The lowest BCUT2D eigenvalue weighted by atomic mass is 10.3. The summed E-state index contributed by atoms with van der Waals surface area (Å²) in [6.45, 7) is 2.92. The molecule has 0 saturated heterocycles. The van der Waals surface area contributed by atoms with Gasteiger partial charge in [-0.2, -0.15) is 13.1 Å². The topological polar surface area (TPSA) is 63.4 Å². The number of halogens is 2. The van der Waals surface area contributed by atoms with E-state index in [1.807, 2.05) is 0 Å². The van der Waals surface area contributed by atoms with Crippen molar-refractivity contribution >= 4 is 27.2 Å². The molecule has 90 valence electrons. The van der Waals surface area contributed by atoms with Crippen molar-refractivity contribution in [3.63, 3.8) is 0 Å². The van der Waals surface area contributed by atoms with Gasteiger partial charge in [-0.25, -0.2) is 8.42 Å². The van der Waals surface area contributed by atoms with Crippen LogP contribution < -0.4 is 5.73 Å². The van der Waals surface area contributed by atoms with E-state index in [4.69, 9.17) is 5.73 Å². The highest BCUT2D eigenvalue weighted by Crippen LogP contribution is 2.15. The second-order valence-electron chi connectivity index (χ2n) is 3.23. The summed E-state index contributed by atoms with van der Waals surface area (Å²) in [6.07, 6.45) is 0.0967. The Balaban J connectivity index is 4.75. The van der Waals surface area contributed by atoms with Crippen LogP contribution in [0.5, 0.6) is 0 Å². The monoisotopic (exact) mass is 260 g/mol. The Bertz CT molecular complexity index is 317. The van der Waals surface area contributed by atoms with Crippen LogP contribution in [0.4, 0.5) is 8.78 Å². The molecule has 0 fully saturated rings. The molecule has 0 unspecified atom stereocenters. The Morgan fingerprint density at radius 1 is 1.47 bits per heavy atom. The van der Waals surface area contributed by atoms with E-state index < -0.39 is 21.8 Å². The largest absolute Gasteiger partial charge is 0.393 e. The minimum atomic E-state index is -4.55. The van der Waals surface area contributed by atoms with E-state index in [1.54, 1.807) is 0 Å². The zero-order valence-electron chi connectivity index (χ0n) is 8.48. The van der Waals surface area contributed by atoms with Crippen LogP contribution in [-0.4, -0.2) is 36.1 Å². The maximum Gasteiger partial charge on any atom is 0.350 e. The van der Waals surface area contributed by atoms with Crippen molar-refractivity contribution in [1.82, 2.24) is 4.31 Å². The molecule has 0 aromatic heterocycles. The average molecular weight is 260 g/mol. The summed E-state index contributed by atoms with van der Waals surface area (Å²) in [5.74, 6) is -3.41. The van der Waals surface area contributed by atoms with Gasteiger partial charge in [-0.05, 0) is 13.8 Å². The molecule has 4 nitrogen and oxygen atoms in total. The van der Waals surface area contributed by atoms with Gasteiger partial charge in [0.25, 0.3) is 10.0 Å². The van der Waals surface area contributed by atoms with Crippen LogP contribution in [0, 0.1) is 0 Å². The minimum absolute atomic E-state index is 0.0967. The number of alkyl halides is 2. The molecule has 0 spiro atoms. The summed E-state index contributed by atoms with van der Waals surface area (Å²) in [5, 5.41) is 0. The summed E-state index contributed by atoms with van der Waals surface area (Å²) >= 11 is 4.56. The molecule has 0 aliphatic carbocycles. The number of thiocarbonyl (C=S) groups is 1. The fraction of sp³-hybridized carbons (Fsp3) is 0.857. The van der Waals surface area contributed by atoms with E-state index in [-0.39, 0.29) is 18.0 Å². The number of hydrogen-bond donors (Lipinski definition) is 1. The highest BCUT2D eigenvalue weighted by molar-refractivity contribution is 7.89. The van der Waals surface area contributed by atoms with E-state index in [0.717, 1.165) is 0 Å². The maximum absolute atomic E-state index is 12.3. The summed E-state index contributed by atoms with van der Waals surface area (Å²) in [7, 11) is -4.55. The summed E-state index contributed by atoms with van der Waals surface area (Å²) < 4.78 is 47.6. The van der Waals surface area contributed by atoms with Gasteiger partial charge in [-0.3, -0.25) is 0 Å². The molecule has 0 amide bonds. The zero-order valence-corrected chi connectivity index (χ0v) is 10.1. The molecular weight excluding hydrogens is 246 g/mol. The van der Waals surface area contributed by atoms with Gasteiger partial charge in [-0.1, -0.05) is 12.2 Å². The smallest absolute Gasteiger partial charge is 0.350 e. The fourth-order valence-corrected chi connectivity index (χ4v) is 2.23. The Labute approximate surface area is 93.5 Å². The average Bonchev–Trinajstić information content (AvgIpc) is 2.01. The number of sulfonamides is 1. The van der Waals surface area contributed by atoms with Crippen LogP contribution in [-0.2, 0) is 10.0 Å². The normalized spacial score (nSPS) is 12.7. The van der Waals surface area contributed by atoms with Crippen molar-refractivity contribution < 1.29 is 17.2 Å². The number of nitrogens with two attached hydrogens (primary N) is 1. The van der Waals surface area contributed by atoms with Crippen LogP contribution in [0.3, 0.4) is 0 Å². The van der Waals surface area contributed by atoms with Crippen LogP contribution in [0.15, 0.2) is 0 Å². The summed E-state index contributed by atoms with van der Waals surface area (Å²) in [6, 6.07) is -0.543. The molecule has 0 rings (SSSR count). The lowest BCUT2D eigenvalue weighted by Crippen LogP contribution is -2.41. The third kappa shape index (κ3) is 4.35. The highest BCUT2D eigenvalue weighted by atomic mass is 32.2. The van der Waals surface area contributed by atoms with Crippen molar-refractivity contribution in [2.75, 3.05) is 6.54 Å². The fourth-order valence-electron chi connectivity index (χ4n) is 1.00. The first-order chi connectivity index (χ1) is 6.69. The van der Waals surface area contributed by atoms with Gasteiger partial charge >= 0.3 is 5.76 Å². The van der Waals surface area contributed by atoms with Crippen LogP contribution in [0.25, 0.3) is 0 Å². The van der Waals surface area contributed by atoms with Gasteiger partial charge in [0, 0.05) is 19.0 Å². The second kappa shape index (κ2) is 5.66. The lowest BCUT2D eigenvalue weighted by Gasteiger charge is -2.24. The van der Waals surface area contributed by atoms with E-state index in [2.05, 4.69) is 12.2 Å². The highest BCUT2D eigenvalue weighted by Gasteiger charge is 2.33. The molecular formula is C7H14F2N2O2S2. The second-order valence-corrected chi connectivity index (χ2v) is 5.61. The van der Waals surface area contributed by atoms with Gasteiger partial charge in [0.05, 0.1) is 4.99 Å². The molecule has 0 aromatic carbocycles. The van der Waals surface area contributed by atoms with E-state index in [1.165, 1.54) is 13.8 Å². The minimum Gasteiger partial charge on any atom is -0.393 e. The number of nitrogens with zero attached hydrogens (tertiary/aromatic N) is 1. The Kier molecular flexibility index (Phi) is 5.54. The van der Waals surface area contributed by atoms with E-state index in [9.17, 15) is 17.2 Å². The van der Waals surface area contributed by atoms with E-state index >= 15 is 0 Å². The van der Waals surface area contributed by atoms with Gasteiger partial charge in [-0.15, -0.1) is 0 Å². The van der Waals surface area contributed by atoms with Crippen LogP contribution in [0.2, 0.25) is 0 Å². The summed E-state index contributed by atoms with van der Waals surface area (Å²) in [4.78, 5) is 0.102. The third-order valence-corrected chi connectivity index (χ3v) is 3.62. The molecule has 0 aliphatic heterocycles. The van der Waals surface area contributed by atoms with Crippen molar-refractivity contribution in [1.29, 1.82) is 0 Å². The Morgan fingerprint density at radius 3 is 2.20 bits per heavy atom. The van der Waals surface area contributed by atoms with Gasteiger partial charge in [0.2, 0.25) is 0 Å². The molecule has 0 aromatic rings. The van der Waals surface area contributed by atoms with Gasteiger partial charge in [0.15, 0.2) is 0 Å². The van der Waals surface area contributed by atoms with Crippen molar-refractivity contribution in [2.45, 2.75) is 32.1 Å². The lowest BCUT2D eigenvalue weighted by molar-refractivity contribution is 0.213. The molecule has 0 saturated carbocycles. The molecule has 0 heterocycles. The van der Waals surface area contributed by atoms with Crippen LogP contribution in [0.1, 0.15) is 20.3 Å². The predicted octanol–water partition coefficient (Wildman–Crippen LogP) is 0.925. The molecule has 15 heavy (non-hydrogen) atoms. The molecule has 0 radical (unpaired) electrons. The molecule has 0 atom stereocenters. The molecule has 2 N–H and O–H groups in total. The molecule has 0 bridgehead atoms. The standard InChI is InChI=1S/C7H14F2N2O2S2/c1-5(2)11(4-3-6(10)14)15(12,13)7(8)9/h5,7H,3-4H2,1-2H3,(H2,10,14). The Morgan fingerprint density at radius 2 is 1.93 bits per heavy atom. The molecule has 0 aliphatic rings. The first-order valence-electron chi connectivity index (χ1n) is 4.26. The maximum atomic E-state index is 12.3. The first-order valence-corrected chi connectivity index (χ1v) is 6.17. The van der Waals surface area contributed by atoms with Crippen LogP contribution >= 0.6 is 12.2 Å². The Hall–Kier alpha value is -0.340. The number of rotatable bonds is 6. The van der Waals surface area contributed by atoms with Crippen molar-refractivity contribution in [2.24, 2.45) is 5.73 Å². The SMILES string of the molecule is CC(C)N(CCC(N)=S)S(=O)(=O)C(F)F. The first kappa shape index (κ1) is 14.7. The number of hydrogen-bond acceptors (Lipinski definition) is 3. The summed E-state index contributed by atoms with van der Waals surface area (Å²) in [5.41, 5.74) is 5.18. The van der Waals surface area contributed by atoms with Gasteiger partial charge in [0.1, 0.15) is 0 Å². The molecule has 8 heteroatoms. The predicted molar refractivity (Wildman–Crippen MR) is 58.2 cm³/mol. The quantitative estimate of drug-likeness (QED) is 0.721.